The Balaban J connectivity index is 3.19. The van der Waals surface area contributed by atoms with Crippen LogP contribution in [0.15, 0.2) is 12.2 Å². The molecule has 0 radical (unpaired) electrons. The average Bonchev–Trinajstić information content (AvgIpc) is 1.80. The van der Waals surface area contributed by atoms with E-state index in [4.69, 9.17) is 0 Å². The molecule has 9 heavy (non-hydrogen) atoms. The Labute approximate surface area is 54.6 Å². The molecule has 0 fully saturated rings. The van der Waals surface area contributed by atoms with Crippen molar-refractivity contribution >= 4 is 12.1 Å². The molecule has 0 bridgehead atoms. The second-order valence-electron chi connectivity index (χ2n) is 1.80. The Hall–Kier alpha value is -0.920. The van der Waals surface area contributed by atoms with Crippen LogP contribution in [0.5, 0.6) is 0 Å². The first-order chi connectivity index (χ1) is 4.27. The highest BCUT2D eigenvalue weighted by molar-refractivity contribution is 5.75. The van der Waals surface area contributed by atoms with Gasteiger partial charge in [0.15, 0.2) is 0 Å². The summed E-state index contributed by atoms with van der Waals surface area (Å²) >= 11 is 0. The van der Waals surface area contributed by atoms with Gasteiger partial charge in [-0.05, 0) is 19.4 Å². The summed E-state index contributed by atoms with van der Waals surface area (Å²) in [5.74, 6) is 0.158. The van der Waals surface area contributed by atoms with Gasteiger partial charge in [-0.1, -0.05) is 6.08 Å². The predicted molar refractivity (Wildman–Crippen MR) is 35.1 cm³/mol. The highest BCUT2D eigenvalue weighted by Crippen LogP contribution is 1.89. The lowest BCUT2D eigenvalue weighted by Gasteiger charge is -1.84. The third kappa shape index (κ3) is 7.08. The maximum Gasteiger partial charge on any atom is 0.142 e. The molecule has 0 N–H and O–H groups in total. The maximum absolute atomic E-state index is 10.3. The van der Waals surface area contributed by atoms with Crippen molar-refractivity contribution in [2.24, 2.45) is 0 Å². The van der Waals surface area contributed by atoms with Crippen LogP contribution in [0, 0.1) is 0 Å². The van der Waals surface area contributed by atoms with E-state index in [1.807, 2.05) is 0 Å². The van der Waals surface area contributed by atoms with Gasteiger partial charge in [0.25, 0.3) is 0 Å². The van der Waals surface area contributed by atoms with Crippen LogP contribution in [-0.4, -0.2) is 12.1 Å². The molecule has 2 heteroatoms. The van der Waals surface area contributed by atoms with Crippen LogP contribution in [0.4, 0.5) is 0 Å². The van der Waals surface area contributed by atoms with Crippen molar-refractivity contribution in [1.82, 2.24) is 0 Å². The van der Waals surface area contributed by atoms with Crippen molar-refractivity contribution in [1.29, 1.82) is 0 Å². The summed E-state index contributed by atoms with van der Waals surface area (Å²) in [6.07, 6.45) is 5.01. The van der Waals surface area contributed by atoms with Gasteiger partial charge in [0, 0.05) is 6.42 Å². The van der Waals surface area contributed by atoms with Crippen molar-refractivity contribution in [2.75, 3.05) is 0 Å². The molecule has 0 aliphatic carbocycles. The number of hydrogen-bond acceptors (Lipinski definition) is 2. The van der Waals surface area contributed by atoms with E-state index in [1.54, 1.807) is 6.08 Å². The summed E-state index contributed by atoms with van der Waals surface area (Å²) in [7, 11) is 0. The number of aldehydes is 1. The molecule has 0 amide bonds. The topological polar surface area (TPSA) is 34.1 Å². The van der Waals surface area contributed by atoms with Crippen molar-refractivity contribution < 1.29 is 9.59 Å². The smallest absolute Gasteiger partial charge is 0.142 e. The Morgan fingerprint density at radius 2 is 2.22 bits per heavy atom. The predicted octanol–water partition coefficient (Wildman–Crippen LogP) is 1.11. The van der Waals surface area contributed by atoms with E-state index >= 15 is 0 Å². The van der Waals surface area contributed by atoms with E-state index < -0.39 is 0 Å². The van der Waals surface area contributed by atoms with E-state index in [9.17, 15) is 9.59 Å². The molecule has 0 atom stereocenters. The van der Waals surface area contributed by atoms with Gasteiger partial charge in [-0.3, -0.25) is 4.79 Å². The molecule has 0 aliphatic rings. The summed E-state index contributed by atoms with van der Waals surface area (Å²) < 4.78 is 0. The first-order valence-corrected chi connectivity index (χ1v) is 2.87. The number of allylic oxidation sites excluding steroid dienone is 2. The van der Waals surface area contributed by atoms with E-state index in [2.05, 4.69) is 0 Å². The number of carbonyl (C=O) groups is 2. The summed E-state index contributed by atoms with van der Waals surface area (Å²) in [4.78, 5) is 20.0. The highest BCUT2D eigenvalue weighted by atomic mass is 16.1. The van der Waals surface area contributed by atoms with Gasteiger partial charge in [-0.15, -0.1) is 0 Å². The monoisotopic (exact) mass is 126 g/mol. The van der Waals surface area contributed by atoms with Crippen molar-refractivity contribution in [3.8, 4) is 0 Å². The van der Waals surface area contributed by atoms with Crippen LogP contribution in [0.2, 0.25) is 0 Å². The minimum atomic E-state index is 0.158. The Bertz CT molecular complexity index is 125. The molecule has 0 spiro atoms. The Kier molecular flexibility index (Phi) is 4.69. The molecule has 2 nitrogen and oxygen atoms in total. The Morgan fingerprint density at radius 3 is 2.67 bits per heavy atom. The van der Waals surface area contributed by atoms with Crippen molar-refractivity contribution in [3.05, 3.63) is 12.2 Å². The fourth-order valence-electron chi connectivity index (χ4n) is 0.438. The van der Waals surface area contributed by atoms with Crippen LogP contribution in [0.25, 0.3) is 0 Å². The van der Waals surface area contributed by atoms with Gasteiger partial charge < -0.3 is 4.79 Å². The van der Waals surface area contributed by atoms with Crippen LogP contribution < -0.4 is 0 Å². The van der Waals surface area contributed by atoms with E-state index in [-0.39, 0.29) is 5.78 Å². The molecule has 0 aromatic carbocycles. The lowest BCUT2D eigenvalue weighted by atomic mass is 10.2. The van der Waals surface area contributed by atoms with Crippen LogP contribution in [0.1, 0.15) is 19.8 Å². The zero-order chi connectivity index (χ0) is 7.11. The maximum atomic E-state index is 10.3. The molecule has 0 rings (SSSR count). The molecule has 0 saturated carbocycles. The second-order valence-corrected chi connectivity index (χ2v) is 1.80. The van der Waals surface area contributed by atoms with Gasteiger partial charge in [0.1, 0.15) is 12.1 Å². The first kappa shape index (κ1) is 8.08. The quantitative estimate of drug-likeness (QED) is 0.417. The van der Waals surface area contributed by atoms with E-state index in [0.29, 0.717) is 19.1 Å². The summed E-state index contributed by atoms with van der Waals surface area (Å²) in [6, 6.07) is 0. The molecule has 0 heterocycles. The lowest BCUT2D eigenvalue weighted by Crippen LogP contribution is -1.86. The number of rotatable bonds is 4. The fourth-order valence-corrected chi connectivity index (χ4v) is 0.438. The third-order valence-electron chi connectivity index (χ3n) is 0.878. The van der Waals surface area contributed by atoms with Crippen LogP contribution in [0.3, 0.4) is 0 Å². The number of carbonyl (C=O) groups excluding carboxylic acids is 2. The van der Waals surface area contributed by atoms with E-state index in [0.717, 1.165) is 0 Å². The lowest BCUT2D eigenvalue weighted by molar-refractivity contribution is -0.117. The highest BCUT2D eigenvalue weighted by Gasteiger charge is 1.86. The normalized spacial score (nSPS) is 9.89. The number of Topliss-reactive ketones (excluding diaryl/α,β-unsaturated/α-hetero) is 1. The second kappa shape index (κ2) is 5.22. The van der Waals surface area contributed by atoms with Crippen molar-refractivity contribution in [3.63, 3.8) is 0 Å². The summed E-state index contributed by atoms with van der Waals surface area (Å²) in [6.45, 7) is 1.54. The van der Waals surface area contributed by atoms with Gasteiger partial charge in [-0.25, -0.2) is 0 Å². The SMILES string of the molecule is CC(=O)CCC=CC=O. The summed E-state index contributed by atoms with van der Waals surface area (Å²) in [5, 5.41) is 0. The van der Waals surface area contributed by atoms with Crippen LogP contribution >= 0.6 is 0 Å². The average molecular weight is 126 g/mol. The van der Waals surface area contributed by atoms with Gasteiger partial charge in [-0.2, -0.15) is 0 Å². The molecule has 0 unspecified atom stereocenters. The molecule has 0 aliphatic heterocycles. The minimum absolute atomic E-state index is 0.158. The summed E-state index contributed by atoms with van der Waals surface area (Å²) in [5.41, 5.74) is 0. The molecule has 0 aromatic heterocycles. The molecule has 0 aromatic rings. The largest absolute Gasteiger partial charge is 0.300 e. The standard InChI is InChI=1S/C7H10O2/c1-7(9)5-3-2-4-6-8/h2,4,6H,3,5H2,1H3. The fraction of sp³-hybridized carbons (Fsp3) is 0.429. The van der Waals surface area contributed by atoms with Gasteiger partial charge >= 0.3 is 0 Å². The zero-order valence-corrected chi connectivity index (χ0v) is 5.46. The number of ketones is 1. The third-order valence-corrected chi connectivity index (χ3v) is 0.878. The molecular formula is C7H10O2. The molecule has 50 valence electrons. The first-order valence-electron chi connectivity index (χ1n) is 2.87. The molecular weight excluding hydrogens is 116 g/mol. The van der Waals surface area contributed by atoms with Gasteiger partial charge in [0.05, 0.1) is 0 Å². The molecule has 0 saturated heterocycles. The Morgan fingerprint density at radius 1 is 1.56 bits per heavy atom. The van der Waals surface area contributed by atoms with Crippen molar-refractivity contribution in [2.45, 2.75) is 19.8 Å². The van der Waals surface area contributed by atoms with Gasteiger partial charge in [0.2, 0.25) is 0 Å². The van der Waals surface area contributed by atoms with Crippen LogP contribution in [-0.2, 0) is 9.59 Å². The zero-order valence-electron chi connectivity index (χ0n) is 5.46. The van der Waals surface area contributed by atoms with E-state index in [1.165, 1.54) is 13.0 Å². The minimum Gasteiger partial charge on any atom is -0.300 e. The number of hydrogen-bond donors (Lipinski definition) is 0.